The number of alkyl halides is 3. The molecule has 3 aromatic carbocycles. The first-order valence-corrected chi connectivity index (χ1v) is 10.7. The van der Waals surface area contributed by atoms with Gasteiger partial charge >= 0.3 is 6.18 Å². The highest BCUT2D eigenvalue weighted by Gasteiger charge is 2.34. The van der Waals surface area contributed by atoms with Crippen LogP contribution in [0.25, 0.3) is 11.0 Å². The molecule has 10 heteroatoms. The summed E-state index contributed by atoms with van der Waals surface area (Å²) in [6.07, 6.45) is -3.03. The molecule has 1 unspecified atom stereocenters. The molecule has 1 atom stereocenters. The molecule has 0 radical (unpaired) electrons. The Morgan fingerprint density at radius 3 is 2.40 bits per heavy atom. The Morgan fingerprint density at radius 2 is 1.69 bits per heavy atom. The molecule has 0 bridgehead atoms. The first-order valence-electron chi connectivity index (χ1n) is 10.7. The second-order valence-corrected chi connectivity index (χ2v) is 7.96. The number of imidazole rings is 1. The van der Waals surface area contributed by atoms with E-state index < -0.39 is 23.9 Å². The number of aromatic nitrogens is 5. The van der Waals surface area contributed by atoms with Crippen LogP contribution in [0.5, 0.6) is 0 Å². The summed E-state index contributed by atoms with van der Waals surface area (Å²) in [6, 6.07) is 22.8. The van der Waals surface area contributed by atoms with Crippen molar-refractivity contribution in [3.05, 3.63) is 113 Å². The molecule has 0 aliphatic carbocycles. The molecule has 0 saturated carbocycles. The maximum Gasteiger partial charge on any atom is 0.449 e. The van der Waals surface area contributed by atoms with Crippen molar-refractivity contribution in [1.82, 2.24) is 30.3 Å². The number of halogens is 3. The lowest BCUT2D eigenvalue weighted by molar-refractivity contribution is -0.144. The lowest BCUT2D eigenvalue weighted by Crippen LogP contribution is -2.29. The number of nitrogens with one attached hydrogen (secondary N) is 2. The summed E-state index contributed by atoms with van der Waals surface area (Å²) >= 11 is 0. The number of carbonyl (C=O) groups excluding carboxylic acids is 1. The maximum atomic E-state index is 13.1. The second kappa shape index (κ2) is 9.05. The number of carbonyl (C=O) groups is 1. The highest BCUT2D eigenvalue weighted by atomic mass is 19.4. The maximum absolute atomic E-state index is 13.1. The number of aromatic amines is 1. The van der Waals surface area contributed by atoms with E-state index in [-0.39, 0.29) is 16.7 Å². The van der Waals surface area contributed by atoms with Crippen molar-refractivity contribution >= 4 is 16.9 Å². The Hall–Kier alpha value is -4.47. The predicted octanol–water partition coefficient (Wildman–Crippen LogP) is 4.74. The third kappa shape index (κ3) is 4.91. The fraction of sp³-hybridized carbons (Fsp3) is 0.120. The molecule has 5 aromatic rings. The summed E-state index contributed by atoms with van der Waals surface area (Å²) in [5.41, 5.74) is 2.89. The fourth-order valence-corrected chi connectivity index (χ4v) is 3.80. The first kappa shape index (κ1) is 22.3. The number of rotatable bonds is 6. The monoisotopic (exact) mass is 476 g/mol. The van der Waals surface area contributed by atoms with Gasteiger partial charge in [0.1, 0.15) is 0 Å². The Morgan fingerprint density at radius 1 is 0.971 bits per heavy atom. The quantitative estimate of drug-likeness (QED) is 0.371. The molecule has 2 heterocycles. The first-order chi connectivity index (χ1) is 16.9. The largest absolute Gasteiger partial charge is 0.449 e. The molecule has 0 aliphatic rings. The average molecular weight is 476 g/mol. The zero-order valence-corrected chi connectivity index (χ0v) is 18.2. The van der Waals surface area contributed by atoms with Gasteiger partial charge in [-0.3, -0.25) is 4.79 Å². The van der Waals surface area contributed by atoms with Crippen LogP contribution in [0.2, 0.25) is 0 Å². The Bertz CT molecular complexity index is 1460. The lowest BCUT2D eigenvalue weighted by atomic mass is 9.98. The van der Waals surface area contributed by atoms with Gasteiger partial charge in [0.05, 0.1) is 29.8 Å². The Kier molecular flexibility index (Phi) is 5.77. The van der Waals surface area contributed by atoms with E-state index in [1.807, 2.05) is 60.7 Å². The molecule has 2 N–H and O–H groups in total. The summed E-state index contributed by atoms with van der Waals surface area (Å²) in [4.78, 5) is 19.0. The summed E-state index contributed by atoms with van der Waals surface area (Å²) in [5.74, 6) is -1.53. The van der Waals surface area contributed by atoms with Gasteiger partial charge in [-0.15, -0.1) is 5.10 Å². The minimum atomic E-state index is -4.59. The van der Waals surface area contributed by atoms with E-state index in [1.165, 1.54) is 6.07 Å². The van der Waals surface area contributed by atoms with Crippen LogP contribution in [0.1, 0.15) is 39.0 Å². The smallest absolute Gasteiger partial charge is 0.340 e. The molecule has 1 amide bonds. The van der Waals surface area contributed by atoms with E-state index in [9.17, 15) is 18.0 Å². The molecule has 0 aliphatic heterocycles. The summed E-state index contributed by atoms with van der Waals surface area (Å²) in [6.45, 7) is 0.460. The van der Waals surface area contributed by atoms with Crippen LogP contribution in [-0.4, -0.2) is 30.9 Å². The van der Waals surface area contributed by atoms with E-state index in [0.717, 1.165) is 11.1 Å². The van der Waals surface area contributed by atoms with E-state index in [1.54, 1.807) is 23.0 Å². The van der Waals surface area contributed by atoms with Gasteiger partial charge in [-0.25, -0.2) is 9.67 Å². The van der Waals surface area contributed by atoms with Crippen molar-refractivity contribution < 1.29 is 18.0 Å². The molecule has 35 heavy (non-hydrogen) atoms. The molecule has 7 nitrogen and oxygen atoms in total. The van der Waals surface area contributed by atoms with Crippen molar-refractivity contribution in [3.8, 4) is 0 Å². The Labute approximate surface area is 197 Å². The minimum Gasteiger partial charge on any atom is -0.340 e. The number of nitrogens with zero attached hydrogens (tertiary/aromatic N) is 4. The average Bonchev–Trinajstić information content (AvgIpc) is 3.50. The molecular weight excluding hydrogens is 457 g/mol. The third-order valence-corrected chi connectivity index (χ3v) is 5.47. The number of fused-ring (bicyclic) bond motifs is 1. The van der Waals surface area contributed by atoms with E-state index >= 15 is 0 Å². The van der Waals surface area contributed by atoms with Crippen LogP contribution in [-0.2, 0) is 12.7 Å². The highest BCUT2D eigenvalue weighted by molar-refractivity contribution is 5.92. The van der Waals surface area contributed by atoms with Gasteiger partial charge in [0.15, 0.2) is 5.69 Å². The number of benzene rings is 3. The van der Waals surface area contributed by atoms with Crippen LogP contribution in [0.15, 0.2) is 85.1 Å². The van der Waals surface area contributed by atoms with Crippen LogP contribution < -0.4 is 5.32 Å². The summed E-state index contributed by atoms with van der Waals surface area (Å²) in [7, 11) is 0. The third-order valence-electron chi connectivity index (χ3n) is 5.47. The molecule has 2 aromatic heterocycles. The standard InChI is InChI=1S/C25H19F3N6O/c26-25(27,28)24-29-19-12-11-18(13-20(19)30-24)22(17-9-5-2-6-10-17)31-23(35)21-15-34(33-32-21)14-16-7-3-1-4-8-16/h1-13,15,22H,14H2,(H,29,30)(H,31,35). The number of amides is 1. The van der Waals surface area contributed by atoms with Crippen molar-refractivity contribution in [3.63, 3.8) is 0 Å². The van der Waals surface area contributed by atoms with Crippen LogP contribution in [0.4, 0.5) is 13.2 Å². The molecule has 0 spiro atoms. The molecular formula is C25H19F3N6O. The second-order valence-electron chi connectivity index (χ2n) is 7.96. The van der Waals surface area contributed by atoms with Crippen LogP contribution in [0, 0.1) is 0 Å². The summed E-state index contributed by atoms with van der Waals surface area (Å²) in [5, 5.41) is 11.0. The zero-order chi connectivity index (χ0) is 24.4. The number of hydrogen-bond donors (Lipinski definition) is 2. The van der Waals surface area contributed by atoms with Gasteiger partial charge in [0, 0.05) is 0 Å². The van der Waals surface area contributed by atoms with Crippen molar-refractivity contribution in [2.75, 3.05) is 0 Å². The molecule has 176 valence electrons. The van der Waals surface area contributed by atoms with E-state index in [2.05, 4.69) is 25.6 Å². The van der Waals surface area contributed by atoms with Crippen molar-refractivity contribution in [2.45, 2.75) is 18.8 Å². The van der Waals surface area contributed by atoms with Gasteiger partial charge in [-0.2, -0.15) is 13.2 Å². The number of hydrogen-bond acceptors (Lipinski definition) is 4. The van der Waals surface area contributed by atoms with Gasteiger partial charge < -0.3 is 10.3 Å². The Balaban J connectivity index is 1.43. The number of H-pyrrole nitrogens is 1. The minimum absolute atomic E-state index is 0.129. The van der Waals surface area contributed by atoms with Gasteiger partial charge in [-0.05, 0) is 28.8 Å². The topological polar surface area (TPSA) is 88.5 Å². The van der Waals surface area contributed by atoms with Gasteiger partial charge in [-0.1, -0.05) is 71.9 Å². The fourth-order valence-electron chi connectivity index (χ4n) is 3.80. The van der Waals surface area contributed by atoms with Crippen LogP contribution in [0.3, 0.4) is 0 Å². The van der Waals surface area contributed by atoms with E-state index in [0.29, 0.717) is 12.1 Å². The van der Waals surface area contributed by atoms with Crippen molar-refractivity contribution in [1.29, 1.82) is 0 Å². The predicted molar refractivity (Wildman–Crippen MR) is 122 cm³/mol. The normalized spacial score (nSPS) is 12.5. The molecule has 5 rings (SSSR count). The van der Waals surface area contributed by atoms with Gasteiger partial charge in [0.25, 0.3) is 5.91 Å². The molecule has 0 fully saturated rings. The highest BCUT2D eigenvalue weighted by Crippen LogP contribution is 2.30. The SMILES string of the molecule is O=C(NC(c1ccccc1)c1ccc2nc(C(F)(F)F)[nH]c2c1)c1cn(Cc2ccccc2)nn1. The zero-order valence-electron chi connectivity index (χ0n) is 18.2. The van der Waals surface area contributed by atoms with Crippen molar-refractivity contribution in [2.24, 2.45) is 0 Å². The summed E-state index contributed by atoms with van der Waals surface area (Å²) < 4.78 is 40.8. The van der Waals surface area contributed by atoms with E-state index in [4.69, 9.17) is 0 Å². The van der Waals surface area contributed by atoms with Gasteiger partial charge in [0.2, 0.25) is 5.82 Å². The van der Waals surface area contributed by atoms with Crippen LogP contribution >= 0.6 is 0 Å². The molecule has 0 saturated heterocycles. The lowest BCUT2D eigenvalue weighted by Gasteiger charge is -2.19.